The average molecular weight is 461 g/mol. The first-order valence-electron chi connectivity index (χ1n) is 8.69. The Kier molecular flexibility index (Phi) is 5.70. The number of aromatic nitrogens is 4. The van der Waals surface area contributed by atoms with Crippen molar-refractivity contribution in [1.82, 2.24) is 20.2 Å². The van der Waals surface area contributed by atoms with Gasteiger partial charge in [-0.2, -0.15) is 0 Å². The van der Waals surface area contributed by atoms with Crippen LogP contribution in [0.3, 0.4) is 0 Å². The summed E-state index contributed by atoms with van der Waals surface area (Å²) in [5.41, 5.74) is 2.25. The Morgan fingerprint density at radius 3 is 2.60 bits per heavy atom. The Morgan fingerprint density at radius 2 is 1.90 bits per heavy atom. The van der Waals surface area contributed by atoms with E-state index < -0.39 is 10.0 Å². The first kappa shape index (κ1) is 20.3. The first-order chi connectivity index (χ1) is 14.4. The van der Waals surface area contributed by atoms with Gasteiger partial charge in [-0.25, -0.2) is 13.4 Å². The maximum atomic E-state index is 12.4. The number of rotatable bonds is 7. The summed E-state index contributed by atoms with van der Waals surface area (Å²) in [6.07, 6.45) is 0. The van der Waals surface area contributed by atoms with Crippen molar-refractivity contribution >= 4 is 60.9 Å². The number of H-pyrrole nitrogens is 1. The molecule has 0 saturated heterocycles. The molecule has 2 aromatic heterocycles. The largest absolute Gasteiger partial charge is 0.333 e. The van der Waals surface area contributed by atoms with Gasteiger partial charge in [-0.3, -0.25) is 9.52 Å². The Bertz CT molecular complexity index is 1270. The second-order valence-corrected chi connectivity index (χ2v) is 9.98. The van der Waals surface area contributed by atoms with Crippen LogP contribution in [0.25, 0.3) is 11.0 Å². The number of sulfonamides is 1. The quantitative estimate of drug-likeness (QED) is 0.361. The zero-order chi connectivity index (χ0) is 21.1. The lowest BCUT2D eigenvalue weighted by Crippen LogP contribution is -2.15. The number of thioether (sulfide) groups is 1. The van der Waals surface area contributed by atoms with Gasteiger partial charge in [0.1, 0.15) is 5.01 Å². The number of hydrogen-bond acceptors (Lipinski definition) is 8. The zero-order valence-electron chi connectivity index (χ0n) is 15.6. The minimum atomic E-state index is -3.78. The summed E-state index contributed by atoms with van der Waals surface area (Å²) in [6.45, 7) is 1.74. The number of aromatic amines is 1. The molecule has 154 valence electrons. The lowest BCUT2D eigenvalue weighted by atomic mass is 10.3. The number of hydrogen-bond donors (Lipinski definition) is 3. The van der Waals surface area contributed by atoms with Gasteiger partial charge in [0.25, 0.3) is 10.0 Å². The van der Waals surface area contributed by atoms with Crippen LogP contribution in [0, 0.1) is 6.92 Å². The minimum Gasteiger partial charge on any atom is -0.333 e. The number of carbonyl (C=O) groups is 1. The molecule has 0 saturated carbocycles. The molecule has 2 heterocycles. The molecule has 4 rings (SSSR count). The van der Waals surface area contributed by atoms with E-state index in [1.54, 1.807) is 6.92 Å². The lowest BCUT2D eigenvalue weighted by molar-refractivity contribution is -0.113. The number of fused-ring (bicyclic) bond motifs is 1. The molecule has 0 atom stereocenters. The first-order valence-corrected chi connectivity index (χ1v) is 12.0. The summed E-state index contributed by atoms with van der Waals surface area (Å²) in [6, 6.07) is 13.5. The summed E-state index contributed by atoms with van der Waals surface area (Å²) in [5.74, 6) is -0.0591. The molecule has 30 heavy (non-hydrogen) atoms. The van der Waals surface area contributed by atoms with Gasteiger partial charge >= 0.3 is 0 Å². The number of nitrogens with zero attached hydrogens (tertiary/aromatic N) is 3. The van der Waals surface area contributed by atoms with Crippen molar-refractivity contribution in [1.29, 1.82) is 0 Å². The Morgan fingerprint density at radius 1 is 1.13 bits per heavy atom. The fraction of sp³-hybridized carbons (Fsp3) is 0.111. The molecule has 1 amide bonds. The van der Waals surface area contributed by atoms with Crippen molar-refractivity contribution in [2.24, 2.45) is 0 Å². The molecule has 3 N–H and O–H groups in total. The highest BCUT2D eigenvalue weighted by Crippen LogP contribution is 2.22. The molecule has 0 radical (unpaired) electrons. The van der Waals surface area contributed by atoms with Crippen molar-refractivity contribution in [2.45, 2.75) is 17.0 Å². The molecule has 0 unspecified atom stereocenters. The van der Waals surface area contributed by atoms with E-state index in [1.165, 1.54) is 36.0 Å². The van der Waals surface area contributed by atoms with Crippen LogP contribution in [-0.4, -0.2) is 40.2 Å². The van der Waals surface area contributed by atoms with Crippen molar-refractivity contribution in [3.63, 3.8) is 0 Å². The summed E-state index contributed by atoms with van der Waals surface area (Å²) >= 11 is 2.43. The highest BCUT2D eigenvalue weighted by molar-refractivity contribution is 7.99. The third kappa shape index (κ3) is 4.78. The van der Waals surface area contributed by atoms with Crippen LogP contribution in [0.15, 0.2) is 58.6 Å². The van der Waals surface area contributed by atoms with Gasteiger partial charge in [-0.15, -0.1) is 10.2 Å². The number of para-hydroxylation sites is 2. The third-order valence-corrected chi connectivity index (χ3v) is 7.02. The monoisotopic (exact) mass is 460 g/mol. The van der Waals surface area contributed by atoms with Crippen LogP contribution in [0.5, 0.6) is 0 Å². The van der Waals surface area contributed by atoms with Gasteiger partial charge < -0.3 is 10.3 Å². The number of carbonyl (C=O) groups excluding carboxylic acids is 1. The van der Waals surface area contributed by atoms with E-state index in [0.29, 0.717) is 15.9 Å². The van der Waals surface area contributed by atoms with Gasteiger partial charge in [0.2, 0.25) is 11.0 Å². The van der Waals surface area contributed by atoms with Crippen LogP contribution in [0.4, 0.5) is 10.8 Å². The number of imidazole rings is 1. The van der Waals surface area contributed by atoms with Gasteiger partial charge in [0.05, 0.1) is 21.7 Å². The van der Waals surface area contributed by atoms with E-state index in [-0.39, 0.29) is 21.7 Å². The SMILES string of the molecule is Cc1nnc(NS(=O)(=O)c2ccc(NC(=O)CSc3nc4ccccc4[nH]3)cc2)s1. The molecule has 0 spiro atoms. The Hall–Kier alpha value is -2.96. The maximum Gasteiger partial charge on any atom is 0.263 e. The topological polar surface area (TPSA) is 130 Å². The van der Waals surface area contributed by atoms with E-state index in [9.17, 15) is 13.2 Å². The van der Waals surface area contributed by atoms with Crippen LogP contribution in [-0.2, 0) is 14.8 Å². The summed E-state index contributed by atoms with van der Waals surface area (Å²) in [7, 11) is -3.78. The summed E-state index contributed by atoms with van der Waals surface area (Å²) in [5, 5.41) is 11.8. The molecular formula is C18H16N6O3S3. The van der Waals surface area contributed by atoms with Crippen LogP contribution in [0.1, 0.15) is 5.01 Å². The molecule has 0 aliphatic carbocycles. The average Bonchev–Trinajstić information content (AvgIpc) is 3.32. The Balaban J connectivity index is 1.35. The Labute approximate surface area is 180 Å². The van der Waals surface area contributed by atoms with Gasteiger partial charge in [-0.1, -0.05) is 35.2 Å². The number of amides is 1. The van der Waals surface area contributed by atoms with Crippen LogP contribution >= 0.6 is 23.1 Å². The predicted molar refractivity (Wildman–Crippen MR) is 117 cm³/mol. The number of anilines is 2. The van der Waals surface area contributed by atoms with Gasteiger partial charge in [0.15, 0.2) is 5.16 Å². The zero-order valence-corrected chi connectivity index (χ0v) is 18.1. The number of aryl methyl sites for hydroxylation is 1. The second-order valence-electron chi connectivity index (χ2n) is 6.15. The van der Waals surface area contributed by atoms with E-state index >= 15 is 0 Å². The molecular weight excluding hydrogens is 444 g/mol. The van der Waals surface area contributed by atoms with E-state index in [4.69, 9.17) is 0 Å². The van der Waals surface area contributed by atoms with Crippen LogP contribution < -0.4 is 10.0 Å². The molecule has 0 fully saturated rings. The fourth-order valence-corrected chi connectivity index (χ4v) is 5.06. The van der Waals surface area contributed by atoms with Gasteiger partial charge in [0, 0.05) is 5.69 Å². The molecule has 0 aliphatic rings. The fourth-order valence-electron chi connectivity index (χ4n) is 2.56. The molecule has 0 bridgehead atoms. The smallest absolute Gasteiger partial charge is 0.263 e. The highest BCUT2D eigenvalue weighted by atomic mass is 32.2. The number of benzene rings is 2. The van der Waals surface area contributed by atoms with E-state index in [2.05, 4.69) is 30.2 Å². The predicted octanol–water partition coefficient (Wildman–Crippen LogP) is 3.25. The maximum absolute atomic E-state index is 12.4. The normalized spacial score (nSPS) is 11.5. The summed E-state index contributed by atoms with van der Waals surface area (Å²) in [4.78, 5) is 19.8. The van der Waals surface area contributed by atoms with Gasteiger partial charge in [-0.05, 0) is 43.3 Å². The molecule has 4 aromatic rings. The third-order valence-electron chi connectivity index (χ3n) is 3.90. The second kappa shape index (κ2) is 8.42. The summed E-state index contributed by atoms with van der Waals surface area (Å²) < 4.78 is 27.2. The molecule has 9 nitrogen and oxygen atoms in total. The van der Waals surface area contributed by atoms with Crippen LogP contribution in [0.2, 0.25) is 0 Å². The van der Waals surface area contributed by atoms with Crippen molar-refractivity contribution in [3.8, 4) is 0 Å². The number of nitrogens with one attached hydrogen (secondary N) is 3. The van der Waals surface area contributed by atoms with E-state index in [0.717, 1.165) is 22.4 Å². The molecule has 2 aromatic carbocycles. The van der Waals surface area contributed by atoms with Crippen molar-refractivity contribution in [3.05, 3.63) is 53.5 Å². The molecule has 12 heteroatoms. The lowest BCUT2D eigenvalue weighted by Gasteiger charge is -2.07. The molecule has 0 aliphatic heterocycles. The highest BCUT2D eigenvalue weighted by Gasteiger charge is 2.16. The van der Waals surface area contributed by atoms with Crippen molar-refractivity contribution < 1.29 is 13.2 Å². The minimum absolute atomic E-state index is 0.0602. The standard InChI is InChI=1S/C18H16N6O3S3/c1-11-22-23-18(29-11)24-30(26,27)13-8-6-12(7-9-13)19-16(25)10-28-17-20-14-4-2-3-5-15(14)21-17/h2-9H,10H2,1H3,(H,19,25)(H,20,21)(H,23,24). The van der Waals surface area contributed by atoms with E-state index in [1.807, 2.05) is 24.3 Å². The van der Waals surface area contributed by atoms with Crippen molar-refractivity contribution in [2.75, 3.05) is 15.8 Å².